The molecule has 0 saturated heterocycles. The summed E-state index contributed by atoms with van der Waals surface area (Å²) in [5.41, 5.74) is 3.87. The van der Waals surface area contributed by atoms with Gasteiger partial charge in [-0.3, -0.25) is 4.79 Å². The topological polar surface area (TPSA) is 61.7 Å². The molecule has 1 amide bonds. The molecule has 2 aromatic rings. The van der Waals surface area contributed by atoms with Gasteiger partial charge < -0.3 is 5.11 Å². The molecule has 4 nitrogen and oxygen atoms in total. The van der Waals surface area contributed by atoms with Crippen molar-refractivity contribution in [1.82, 2.24) is 5.43 Å². The van der Waals surface area contributed by atoms with E-state index in [1.165, 1.54) is 6.21 Å². The van der Waals surface area contributed by atoms with Crippen LogP contribution < -0.4 is 5.43 Å². The van der Waals surface area contributed by atoms with Gasteiger partial charge in [0.25, 0.3) is 5.91 Å². The molecule has 2 aromatic carbocycles. The number of nitrogens with zero attached hydrogens (tertiary/aromatic N) is 1. The first-order chi connectivity index (χ1) is 10.3. The van der Waals surface area contributed by atoms with Crippen LogP contribution in [-0.2, 0) is 4.79 Å². The van der Waals surface area contributed by atoms with Gasteiger partial charge >= 0.3 is 0 Å². The molecule has 1 atom stereocenters. The minimum Gasteiger partial charge on any atom is -0.378 e. The number of allylic oxidation sites excluding steroid dienone is 1. The van der Waals surface area contributed by atoms with Crippen molar-refractivity contribution in [2.24, 2.45) is 5.10 Å². The lowest BCUT2D eigenvalue weighted by Gasteiger charge is -2.08. The van der Waals surface area contributed by atoms with Crippen LogP contribution in [-0.4, -0.2) is 17.2 Å². The highest BCUT2D eigenvalue weighted by molar-refractivity contribution is 5.84. The fourth-order valence-electron chi connectivity index (χ4n) is 1.71. The summed E-state index contributed by atoms with van der Waals surface area (Å²) in [6.07, 6.45) is 3.82. The van der Waals surface area contributed by atoms with Crippen LogP contribution in [0.5, 0.6) is 0 Å². The van der Waals surface area contributed by atoms with E-state index in [1.807, 2.05) is 42.5 Å². The second kappa shape index (κ2) is 7.77. The predicted molar refractivity (Wildman–Crippen MR) is 83.5 cm³/mol. The van der Waals surface area contributed by atoms with Crippen molar-refractivity contribution in [2.45, 2.75) is 6.10 Å². The van der Waals surface area contributed by atoms with Gasteiger partial charge in [-0.1, -0.05) is 66.7 Å². The Morgan fingerprint density at radius 3 is 2.33 bits per heavy atom. The van der Waals surface area contributed by atoms with Gasteiger partial charge in [-0.15, -0.1) is 0 Å². The Labute approximate surface area is 123 Å². The standard InChI is InChI=1S/C17H16N2O2/c20-16(15-11-5-2-6-12-15)17(21)19-18-13-7-10-14-8-3-1-4-9-14/h1-13,16,20H,(H,19,21)/b10-7+,18-13-/t16-/m1/s1. The molecule has 0 aromatic heterocycles. The van der Waals surface area contributed by atoms with E-state index in [4.69, 9.17) is 0 Å². The number of nitrogens with one attached hydrogen (secondary N) is 1. The number of aliphatic hydroxyl groups is 1. The molecule has 0 aliphatic heterocycles. The van der Waals surface area contributed by atoms with E-state index in [2.05, 4.69) is 10.5 Å². The maximum absolute atomic E-state index is 11.7. The van der Waals surface area contributed by atoms with Gasteiger partial charge in [0.05, 0.1) is 0 Å². The average molecular weight is 280 g/mol. The third kappa shape index (κ3) is 4.71. The van der Waals surface area contributed by atoms with Crippen molar-refractivity contribution in [3.05, 3.63) is 77.9 Å². The number of aliphatic hydroxyl groups excluding tert-OH is 1. The monoisotopic (exact) mass is 280 g/mol. The molecule has 21 heavy (non-hydrogen) atoms. The number of amides is 1. The summed E-state index contributed by atoms with van der Waals surface area (Å²) < 4.78 is 0. The molecular weight excluding hydrogens is 264 g/mol. The third-order valence-corrected chi connectivity index (χ3v) is 2.79. The number of hydrogen-bond donors (Lipinski definition) is 2. The molecular formula is C17H16N2O2. The van der Waals surface area contributed by atoms with Crippen LogP contribution in [0.25, 0.3) is 6.08 Å². The molecule has 0 unspecified atom stereocenters. The molecule has 0 bridgehead atoms. The fraction of sp³-hybridized carbons (Fsp3) is 0.0588. The molecule has 0 spiro atoms. The van der Waals surface area contributed by atoms with Crippen molar-refractivity contribution in [1.29, 1.82) is 0 Å². The Kier molecular flexibility index (Phi) is 5.43. The lowest BCUT2D eigenvalue weighted by molar-refractivity contribution is -0.129. The van der Waals surface area contributed by atoms with Crippen LogP contribution >= 0.6 is 0 Å². The SMILES string of the molecule is O=C(N/N=C\C=C\c1ccccc1)[C@H](O)c1ccccc1. The van der Waals surface area contributed by atoms with Crippen molar-refractivity contribution in [3.8, 4) is 0 Å². The smallest absolute Gasteiger partial charge is 0.273 e. The first-order valence-electron chi connectivity index (χ1n) is 6.55. The van der Waals surface area contributed by atoms with Crippen LogP contribution in [0.15, 0.2) is 71.8 Å². The summed E-state index contributed by atoms with van der Waals surface area (Å²) in [6, 6.07) is 18.5. The summed E-state index contributed by atoms with van der Waals surface area (Å²) in [7, 11) is 0. The summed E-state index contributed by atoms with van der Waals surface area (Å²) in [6.45, 7) is 0. The van der Waals surface area contributed by atoms with Gasteiger partial charge in [0, 0.05) is 6.21 Å². The van der Waals surface area contributed by atoms with Gasteiger partial charge in [-0.25, -0.2) is 5.43 Å². The predicted octanol–water partition coefficient (Wildman–Crippen LogP) is 2.54. The zero-order chi connectivity index (χ0) is 14.9. The minimum atomic E-state index is -1.22. The largest absolute Gasteiger partial charge is 0.378 e. The van der Waals surface area contributed by atoms with Crippen molar-refractivity contribution >= 4 is 18.2 Å². The Hall–Kier alpha value is -2.72. The van der Waals surface area contributed by atoms with Gasteiger partial charge in [0.15, 0.2) is 6.10 Å². The molecule has 0 heterocycles. The molecule has 0 saturated carbocycles. The lowest BCUT2D eigenvalue weighted by Crippen LogP contribution is -2.24. The maximum atomic E-state index is 11.7. The van der Waals surface area contributed by atoms with Crippen LogP contribution in [0.1, 0.15) is 17.2 Å². The highest BCUT2D eigenvalue weighted by atomic mass is 16.3. The summed E-state index contributed by atoms with van der Waals surface area (Å²) in [4.78, 5) is 11.7. The normalized spacial score (nSPS) is 12.6. The van der Waals surface area contributed by atoms with Gasteiger partial charge in [0.2, 0.25) is 0 Å². The molecule has 106 valence electrons. The number of carbonyl (C=O) groups excluding carboxylic acids is 1. The zero-order valence-electron chi connectivity index (χ0n) is 11.4. The Morgan fingerprint density at radius 2 is 1.67 bits per heavy atom. The van der Waals surface area contributed by atoms with E-state index in [9.17, 15) is 9.90 Å². The Bertz CT molecular complexity index is 622. The number of hydrogen-bond acceptors (Lipinski definition) is 3. The first kappa shape index (κ1) is 14.7. The maximum Gasteiger partial charge on any atom is 0.273 e. The molecule has 0 aliphatic carbocycles. The van der Waals surface area contributed by atoms with Crippen molar-refractivity contribution < 1.29 is 9.90 Å². The van der Waals surface area contributed by atoms with Gasteiger partial charge in [-0.2, -0.15) is 5.10 Å². The van der Waals surface area contributed by atoms with Crippen LogP contribution in [0.3, 0.4) is 0 Å². The molecule has 0 aliphatic rings. The van der Waals surface area contributed by atoms with Crippen molar-refractivity contribution in [3.63, 3.8) is 0 Å². The number of carbonyl (C=O) groups is 1. The highest BCUT2D eigenvalue weighted by Gasteiger charge is 2.15. The third-order valence-electron chi connectivity index (χ3n) is 2.79. The number of benzene rings is 2. The first-order valence-corrected chi connectivity index (χ1v) is 6.55. The summed E-state index contributed by atoms with van der Waals surface area (Å²) in [5, 5.41) is 13.6. The quantitative estimate of drug-likeness (QED) is 0.653. The average Bonchev–Trinajstić information content (AvgIpc) is 2.55. The van der Waals surface area contributed by atoms with E-state index in [0.717, 1.165) is 5.56 Å². The molecule has 2 rings (SSSR count). The van der Waals surface area contributed by atoms with Gasteiger partial charge in [-0.05, 0) is 17.2 Å². The Balaban J connectivity index is 1.84. The van der Waals surface area contributed by atoms with E-state index >= 15 is 0 Å². The molecule has 0 fully saturated rings. The molecule has 0 radical (unpaired) electrons. The van der Waals surface area contributed by atoms with E-state index < -0.39 is 12.0 Å². The van der Waals surface area contributed by atoms with Crippen LogP contribution in [0.4, 0.5) is 0 Å². The second-order valence-electron chi connectivity index (χ2n) is 4.34. The van der Waals surface area contributed by atoms with Crippen LogP contribution in [0.2, 0.25) is 0 Å². The number of hydrazone groups is 1. The van der Waals surface area contributed by atoms with E-state index in [1.54, 1.807) is 30.3 Å². The lowest BCUT2D eigenvalue weighted by atomic mass is 10.1. The van der Waals surface area contributed by atoms with E-state index in [0.29, 0.717) is 5.56 Å². The van der Waals surface area contributed by atoms with Crippen LogP contribution in [0, 0.1) is 0 Å². The second-order valence-corrected chi connectivity index (χ2v) is 4.34. The fourth-order valence-corrected chi connectivity index (χ4v) is 1.71. The molecule has 2 N–H and O–H groups in total. The summed E-state index contributed by atoms with van der Waals surface area (Å²) >= 11 is 0. The minimum absolute atomic E-state index is 0.532. The van der Waals surface area contributed by atoms with Crippen molar-refractivity contribution in [2.75, 3.05) is 0 Å². The van der Waals surface area contributed by atoms with Gasteiger partial charge in [0.1, 0.15) is 0 Å². The highest BCUT2D eigenvalue weighted by Crippen LogP contribution is 2.11. The Morgan fingerprint density at radius 1 is 1.05 bits per heavy atom. The number of rotatable bonds is 5. The van der Waals surface area contributed by atoms with E-state index in [-0.39, 0.29) is 0 Å². The zero-order valence-corrected chi connectivity index (χ0v) is 11.4. The summed E-state index contributed by atoms with van der Waals surface area (Å²) in [5.74, 6) is -0.564. The molecule has 4 heteroatoms.